The summed E-state index contributed by atoms with van der Waals surface area (Å²) in [6, 6.07) is 7.43. The van der Waals surface area contributed by atoms with E-state index in [-0.39, 0.29) is 44.2 Å². The van der Waals surface area contributed by atoms with Crippen LogP contribution in [0, 0.1) is 0 Å². The lowest BCUT2D eigenvalue weighted by molar-refractivity contribution is -0.138. The van der Waals surface area contributed by atoms with Gasteiger partial charge in [-0.05, 0) is 47.9 Å². The number of hydrogen-bond acceptors (Lipinski definition) is 7. The van der Waals surface area contributed by atoms with Gasteiger partial charge in [0.15, 0.2) is 11.5 Å². The summed E-state index contributed by atoms with van der Waals surface area (Å²) in [5.41, 5.74) is 2.05. The Labute approximate surface area is 243 Å². The number of amides is 2. The van der Waals surface area contributed by atoms with Crippen LogP contribution < -0.4 is 14.8 Å². The number of carbonyl (C=O) groups is 2. The van der Waals surface area contributed by atoms with E-state index in [4.69, 9.17) is 32.7 Å². The molecular weight excluding hydrogens is 559 g/mol. The lowest BCUT2D eigenvalue weighted by Crippen LogP contribution is -2.55. The van der Waals surface area contributed by atoms with Gasteiger partial charge in [0.2, 0.25) is 11.8 Å². The molecule has 0 fully saturated rings. The fourth-order valence-electron chi connectivity index (χ4n) is 5.28. The number of carbonyl (C=O) groups excluding carboxylic acids is 2. The molecule has 216 valence electrons. The van der Waals surface area contributed by atoms with Crippen LogP contribution in [0.4, 0.5) is 0 Å². The Hall–Kier alpha value is -2.82. The van der Waals surface area contributed by atoms with Crippen molar-refractivity contribution in [2.45, 2.75) is 63.5 Å². The van der Waals surface area contributed by atoms with Crippen molar-refractivity contribution in [2.24, 2.45) is 0 Å². The SMILES string of the molecule is CCCCC(=O)N(Cc1ccc(Cl)cc1Cl)[C@@H]1C=C(C(=O)NCCO)[C@@H]2c3cc(CO)cc(OC)c3O[C@@H]2[C@H]1O. The van der Waals surface area contributed by atoms with Crippen molar-refractivity contribution in [1.29, 1.82) is 0 Å². The third-order valence-electron chi connectivity index (χ3n) is 7.28. The number of hydrogen-bond donors (Lipinski definition) is 4. The fourth-order valence-corrected chi connectivity index (χ4v) is 5.75. The topological polar surface area (TPSA) is 129 Å². The van der Waals surface area contributed by atoms with Gasteiger partial charge in [0.25, 0.3) is 0 Å². The van der Waals surface area contributed by atoms with Gasteiger partial charge in [-0.1, -0.05) is 42.6 Å². The van der Waals surface area contributed by atoms with Gasteiger partial charge < -0.3 is 35.0 Å². The lowest BCUT2D eigenvalue weighted by atomic mass is 9.77. The minimum Gasteiger partial charge on any atom is -0.493 e. The average molecular weight is 594 g/mol. The van der Waals surface area contributed by atoms with E-state index < -0.39 is 30.1 Å². The minimum absolute atomic E-state index is 0.0218. The Balaban J connectivity index is 1.82. The van der Waals surface area contributed by atoms with Crippen LogP contribution in [-0.2, 0) is 22.7 Å². The average Bonchev–Trinajstić information content (AvgIpc) is 3.34. The molecule has 4 rings (SSSR count). The van der Waals surface area contributed by atoms with Crippen molar-refractivity contribution >= 4 is 35.0 Å². The molecule has 0 saturated heterocycles. The second kappa shape index (κ2) is 13.2. The van der Waals surface area contributed by atoms with Crippen molar-refractivity contribution in [3.63, 3.8) is 0 Å². The molecule has 1 aliphatic carbocycles. The fraction of sp³-hybridized carbons (Fsp3) is 0.448. The van der Waals surface area contributed by atoms with Crippen molar-refractivity contribution in [1.82, 2.24) is 10.2 Å². The number of aliphatic hydroxyl groups is 3. The first-order chi connectivity index (χ1) is 19.2. The van der Waals surface area contributed by atoms with Gasteiger partial charge in [-0.2, -0.15) is 0 Å². The molecular formula is C29H34Cl2N2O7. The minimum atomic E-state index is -1.22. The number of nitrogens with zero attached hydrogens (tertiary/aromatic N) is 1. The zero-order valence-electron chi connectivity index (χ0n) is 22.4. The van der Waals surface area contributed by atoms with Crippen molar-refractivity contribution in [3.05, 3.63) is 68.7 Å². The maximum absolute atomic E-state index is 13.6. The van der Waals surface area contributed by atoms with Gasteiger partial charge in [0.1, 0.15) is 12.2 Å². The summed E-state index contributed by atoms with van der Waals surface area (Å²) in [7, 11) is 1.47. The van der Waals surface area contributed by atoms with Crippen LogP contribution in [-0.4, -0.2) is 70.5 Å². The third kappa shape index (κ3) is 6.09. The summed E-state index contributed by atoms with van der Waals surface area (Å²) in [5.74, 6) is -0.654. The highest BCUT2D eigenvalue weighted by molar-refractivity contribution is 6.35. The van der Waals surface area contributed by atoms with Gasteiger partial charge in [-0.25, -0.2) is 0 Å². The largest absolute Gasteiger partial charge is 0.493 e. The smallest absolute Gasteiger partial charge is 0.247 e. The van der Waals surface area contributed by atoms with Crippen LogP contribution in [0.2, 0.25) is 10.0 Å². The maximum atomic E-state index is 13.6. The van der Waals surface area contributed by atoms with Crippen molar-refractivity contribution in [3.8, 4) is 11.5 Å². The molecule has 2 aliphatic rings. The molecule has 2 aromatic carbocycles. The van der Waals surface area contributed by atoms with Crippen LogP contribution in [0.1, 0.15) is 48.8 Å². The van der Waals surface area contributed by atoms with Gasteiger partial charge in [0, 0.05) is 40.7 Å². The number of aliphatic hydroxyl groups excluding tert-OH is 3. The molecule has 40 heavy (non-hydrogen) atoms. The Morgan fingerprint density at radius 2 is 1.95 bits per heavy atom. The highest BCUT2D eigenvalue weighted by Crippen LogP contribution is 2.51. The predicted molar refractivity (Wildman–Crippen MR) is 151 cm³/mol. The van der Waals surface area contributed by atoms with Gasteiger partial charge in [0.05, 0.1) is 32.3 Å². The highest BCUT2D eigenvalue weighted by Gasteiger charge is 2.51. The quantitative estimate of drug-likeness (QED) is 0.315. The summed E-state index contributed by atoms with van der Waals surface area (Å²) >= 11 is 12.5. The maximum Gasteiger partial charge on any atom is 0.247 e. The summed E-state index contributed by atoms with van der Waals surface area (Å²) in [6.07, 6.45) is 1.15. The number of ether oxygens (including phenoxy) is 2. The zero-order valence-corrected chi connectivity index (χ0v) is 23.9. The molecule has 0 saturated carbocycles. The number of halogens is 2. The molecule has 0 bridgehead atoms. The van der Waals surface area contributed by atoms with E-state index in [2.05, 4.69) is 5.32 Å². The molecule has 2 amide bonds. The molecule has 1 aliphatic heterocycles. The van der Waals surface area contributed by atoms with Crippen LogP contribution in [0.15, 0.2) is 42.0 Å². The van der Waals surface area contributed by atoms with Crippen molar-refractivity contribution < 1.29 is 34.4 Å². The second-order valence-corrected chi connectivity index (χ2v) is 10.7. The first-order valence-electron chi connectivity index (χ1n) is 13.2. The molecule has 9 nitrogen and oxygen atoms in total. The predicted octanol–water partition coefficient (Wildman–Crippen LogP) is 3.34. The molecule has 1 heterocycles. The molecule has 0 unspecified atom stereocenters. The Kier molecular flexibility index (Phi) is 9.97. The van der Waals surface area contributed by atoms with Crippen LogP contribution in [0.3, 0.4) is 0 Å². The Bertz CT molecular complexity index is 1290. The number of methoxy groups -OCH3 is 1. The standard InChI is InChI=1S/C29H34Cl2N2O7/c1-3-4-5-24(36)33(14-17-6-7-18(30)12-21(17)31)22-13-20(29(38)32-8-9-34)25-19-10-16(15-35)11-23(39-2)27(19)40-28(25)26(22)37/h6-7,10-13,22,25-26,28,34-35,37H,3-5,8-9,14-15H2,1-2H3,(H,32,38)/t22-,25+,26+,28+/m1/s1. The number of unbranched alkanes of at least 4 members (excludes halogenated alkanes) is 1. The van der Waals surface area contributed by atoms with Crippen LogP contribution in [0.25, 0.3) is 0 Å². The van der Waals surface area contributed by atoms with E-state index in [0.29, 0.717) is 44.7 Å². The number of benzene rings is 2. The molecule has 0 radical (unpaired) electrons. The molecule has 4 N–H and O–H groups in total. The first-order valence-corrected chi connectivity index (χ1v) is 14.0. The first kappa shape index (κ1) is 30.1. The van der Waals surface area contributed by atoms with Crippen molar-refractivity contribution in [2.75, 3.05) is 20.3 Å². The van der Waals surface area contributed by atoms with E-state index in [0.717, 1.165) is 6.42 Å². The molecule has 4 atom stereocenters. The number of fused-ring (bicyclic) bond motifs is 3. The monoisotopic (exact) mass is 592 g/mol. The summed E-state index contributed by atoms with van der Waals surface area (Å²) in [6.45, 7) is 1.56. The lowest BCUT2D eigenvalue weighted by Gasteiger charge is -2.41. The molecule has 0 aromatic heterocycles. The third-order valence-corrected chi connectivity index (χ3v) is 7.86. The van der Waals surface area contributed by atoms with Crippen LogP contribution in [0.5, 0.6) is 11.5 Å². The summed E-state index contributed by atoms with van der Waals surface area (Å²) in [4.78, 5) is 28.5. The molecule has 0 spiro atoms. The summed E-state index contributed by atoms with van der Waals surface area (Å²) < 4.78 is 11.8. The zero-order chi connectivity index (χ0) is 29.0. The number of nitrogens with one attached hydrogen (secondary N) is 1. The molecule has 11 heteroatoms. The van der Waals surface area contributed by atoms with Gasteiger partial charge in [-0.3, -0.25) is 9.59 Å². The summed E-state index contributed by atoms with van der Waals surface area (Å²) in [5, 5.41) is 34.4. The Morgan fingerprint density at radius 3 is 2.60 bits per heavy atom. The normalized spacial score (nSPS) is 21.1. The second-order valence-electron chi connectivity index (χ2n) is 9.88. The van der Waals surface area contributed by atoms with E-state index >= 15 is 0 Å². The van der Waals surface area contributed by atoms with Gasteiger partial charge >= 0.3 is 0 Å². The van der Waals surface area contributed by atoms with E-state index in [9.17, 15) is 24.9 Å². The van der Waals surface area contributed by atoms with Gasteiger partial charge in [-0.15, -0.1) is 0 Å². The molecule has 2 aromatic rings. The highest BCUT2D eigenvalue weighted by atomic mass is 35.5. The van der Waals surface area contributed by atoms with Crippen LogP contribution >= 0.6 is 23.2 Å². The van der Waals surface area contributed by atoms with E-state index in [1.807, 2.05) is 6.92 Å². The van der Waals surface area contributed by atoms with E-state index in [1.165, 1.54) is 12.0 Å². The Morgan fingerprint density at radius 1 is 1.18 bits per heavy atom. The van der Waals surface area contributed by atoms with E-state index in [1.54, 1.807) is 36.4 Å². The number of rotatable bonds is 11.